The Morgan fingerprint density at radius 2 is 1.93 bits per heavy atom. The monoisotopic (exact) mass is 399 g/mol. The van der Waals surface area contributed by atoms with Gasteiger partial charge in [-0.25, -0.2) is 4.39 Å². The fraction of sp³-hybridized carbons (Fsp3) is 0.522. The van der Waals surface area contributed by atoms with E-state index in [2.05, 4.69) is 23.6 Å². The fourth-order valence-corrected chi connectivity index (χ4v) is 4.49. The van der Waals surface area contributed by atoms with Crippen LogP contribution in [0, 0.1) is 12.7 Å². The van der Waals surface area contributed by atoms with E-state index in [9.17, 15) is 9.18 Å². The summed E-state index contributed by atoms with van der Waals surface area (Å²) in [6.45, 7) is 11.8. The summed E-state index contributed by atoms with van der Waals surface area (Å²) >= 11 is 0. The average molecular weight is 400 g/mol. The van der Waals surface area contributed by atoms with Crippen molar-refractivity contribution in [3.8, 4) is 0 Å². The van der Waals surface area contributed by atoms with E-state index >= 15 is 0 Å². The van der Waals surface area contributed by atoms with Gasteiger partial charge in [0.1, 0.15) is 17.3 Å². The number of hydrogen-bond acceptors (Lipinski definition) is 4. The van der Waals surface area contributed by atoms with E-state index in [1.165, 1.54) is 6.07 Å². The molecule has 2 aromatic rings. The maximum atomic E-state index is 13.5. The fourth-order valence-electron chi connectivity index (χ4n) is 4.49. The van der Waals surface area contributed by atoms with E-state index in [0.29, 0.717) is 19.1 Å². The van der Waals surface area contributed by atoms with Crippen LogP contribution in [0.25, 0.3) is 0 Å². The number of aryl methyl sites for hydroxylation is 1. The number of halogens is 1. The van der Waals surface area contributed by atoms with Crippen LogP contribution in [-0.2, 0) is 19.5 Å². The molecule has 1 amide bonds. The normalized spacial score (nSPS) is 18.3. The molecule has 29 heavy (non-hydrogen) atoms. The highest BCUT2D eigenvalue weighted by Crippen LogP contribution is 2.30. The van der Waals surface area contributed by atoms with Gasteiger partial charge < -0.3 is 9.32 Å². The van der Waals surface area contributed by atoms with Gasteiger partial charge in [0.2, 0.25) is 0 Å². The molecule has 2 aliphatic rings. The van der Waals surface area contributed by atoms with E-state index in [1.807, 2.05) is 17.9 Å². The van der Waals surface area contributed by atoms with Crippen LogP contribution in [0.4, 0.5) is 4.39 Å². The third kappa shape index (κ3) is 4.23. The largest absolute Gasteiger partial charge is 0.465 e. The lowest BCUT2D eigenvalue weighted by molar-refractivity contribution is 0.0592. The van der Waals surface area contributed by atoms with Crippen LogP contribution in [0.2, 0.25) is 0 Å². The third-order valence-electron chi connectivity index (χ3n) is 6.14. The molecule has 156 valence electrons. The molecule has 3 heterocycles. The van der Waals surface area contributed by atoms with Gasteiger partial charge in [0.25, 0.3) is 5.91 Å². The molecule has 6 heteroatoms. The van der Waals surface area contributed by atoms with Crippen LogP contribution in [0.5, 0.6) is 0 Å². The molecule has 0 atom stereocenters. The first kappa shape index (κ1) is 20.1. The zero-order valence-corrected chi connectivity index (χ0v) is 17.6. The van der Waals surface area contributed by atoms with Crippen LogP contribution < -0.4 is 0 Å². The number of furan rings is 1. The molecular weight excluding hydrogens is 369 g/mol. The van der Waals surface area contributed by atoms with Crippen molar-refractivity contribution in [3.05, 3.63) is 58.3 Å². The molecule has 0 saturated carbocycles. The molecule has 4 rings (SSSR count). The lowest BCUT2D eigenvalue weighted by atomic mass is 10.0. The minimum Gasteiger partial charge on any atom is -0.465 e. The number of rotatable bonds is 4. The summed E-state index contributed by atoms with van der Waals surface area (Å²) < 4.78 is 19.5. The number of carbonyl (C=O) groups is 1. The number of fused-ring (bicyclic) bond motifs is 1. The van der Waals surface area contributed by atoms with E-state index in [0.717, 1.165) is 67.4 Å². The molecule has 0 aliphatic carbocycles. The van der Waals surface area contributed by atoms with Crippen LogP contribution >= 0.6 is 0 Å². The molecule has 0 bridgehead atoms. The Labute approximate surface area is 172 Å². The van der Waals surface area contributed by atoms with Crippen molar-refractivity contribution in [2.45, 2.75) is 46.3 Å². The van der Waals surface area contributed by atoms with Gasteiger partial charge in [-0.3, -0.25) is 14.6 Å². The summed E-state index contributed by atoms with van der Waals surface area (Å²) in [6.07, 6.45) is 0.778. The van der Waals surface area contributed by atoms with Gasteiger partial charge in [-0.1, -0.05) is 12.1 Å². The number of nitrogens with zero attached hydrogens (tertiary/aromatic N) is 3. The lowest BCUT2D eigenvalue weighted by Crippen LogP contribution is -2.51. The second-order valence-electron chi connectivity index (χ2n) is 8.45. The molecule has 1 aromatic heterocycles. The third-order valence-corrected chi connectivity index (χ3v) is 6.14. The highest BCUT2D eigenvalue weighted by molar-refractivity contribution is 5.97. The minimum atomic E-state index is -0.212. The molecule has 0 radical (unpaired) electrons. The van der Waals surface area contributed by atoms with Crippen LogP contribution in [0.3, 0.4) is 0 Å². The predicted molar refractivity (Wildman–Crippen MR) is 110 cm³/mol. The molecule has 0 N–H and O–H groups in total. The van der Waals surface area contributed by atoms with E-state index in [4.69, 9.17) is 4.42 Å². The summed E-state index contributed by atoms with van der Waals surface area (Å²) in [5.74, 6) is 1.53. The Bertz CT molecular complexity index is 884. The van der Waals surface area contributed by atoms with Crippen LogP contribution in [-0.4, -0.2) is 59.4 Å². The Hall–Kier alpha value is -2.18. The SMILES string of the molecule is Cc1oc2c(c1C(=O)N1CCN(C(C)C)CC1)CN(Cc1cccc(F)c1)CC2. The van der Waals surface area contributed by atoms with Crippen molar-refractivity contribution in [3.63, 3.8) is 0 Å². The van der Waals surface area contributed by atoms with Crippen molar-refractivity contribution in [2.24, 2.45) is 0 Å². The number of amides is 1. The van der Waals surface area contributed by atoms with E-state index in [-0.39, 0.29) is 11.7 Å². The zero-order valence-electron chi connectivity index (χ0n) is 17.6. The Morgan fingerprint density at radius 3 is 2.62 bits per heavy atom. The molecule has 1 saturated heterocycles. The second kappa shape index (κ2) is 8.28. The number of carbonyl (C=O) groups excluding carboxylic acids is 1. The molecule has 1 fully saturated rings. The summed E-state index contributed by atoms with van der Waals surface area (Å²) in [4.78, 5) is 19.9. The summed E-state index contributed by atoms with van der Waals surface area (Å²) in [6, 6.07) is 7.24. The maximum Gasteiger partial charge on any atom is 0.257 e. The van der Waals surface area contributed by atoms with Gasteiger partial charge in [0.15, 0.2) is 0 Å². The number of piperazine rings is 1. The Balaban J connectivity index is 1.49. The van der Waals surface area contributed by atoms with E-state index < -0.39 is 0 Å². The maximum absolute atomic E-state index is 13.5. The molecule has 0 spiro atoms. The van der Waals surface area contributed by atoms with Crippen molar-refractivity contribution in [1.82, 2.24) is 14.7 Å². The summed E-state index contributed by atoms with van der Waals surface area (Å²) in [5.41, 5.74) is 2.70. The lowest BCUT2D eigenvalue weighted by Gasteiger charge is -2.37. The van der Waals surface area contributed by atoms with Gasteiger partial charge >= 0.3 is 0 Å². The summed E-state index contributed by atoms with van der Waals surface area (Å²) in [7, 11) is 0. The minimum absolute atomic E-state index is 0.0866. The van der Waals surface area contributed by atoms with Gasteiger partial charge in [-0.2, -0.15) is 0 Å². The van der Waals surface area contributed by atoms with Crippen LogP contribution in [0.1, 0.15) is 46.9 Å². The first-order valence-electron chi connectivity index (χ1n) is 10.5. The van der Waals surface area contributed by atoms with Crippen molar-refractivity contribution in [2.75, 3.05) is 32.7 Å². The first-order valence-corrected chi connectivity index (χ1v) is 10.5. The second-order valence-corrected chi connectivity index (χ2v) is 8.45. The van der Waals surface area contributed by atoms with Gasteiger partial charge in [-0.15, -0.1) is 0 Å². The highest BCUT2D eigenvalue weighted by atomic mass is 19.1. The molecule has 5 nitrogen and oxygen atoms in total. The van der Waals surface area contributed by atoms with Gasteiger partial charge in [-0.05, 0) is 38.5 Å². The Morgan fingerprint density at radius 1 is 1.17 bits per heavy atom. The smallest absolute Gasteiger partial charge is 0.257 e. The van der Waals surface area contributed by atoms with Crippen LogP contribution in [0.15, 0.2) is 28.7 Å². The van der Waals surface area contributed by atoms with Crippen molar-refractivity contribution in [1.29, 1.82) is 0 Å². The Kier molecular flexibility index (Phi) is 5.74. The number of benzene rings is 1. The standard InChI is InChI=1S/C23H30FN3O2/c1-16(2)26-9-11-27(12-10-26)23(28)22-17(3)29-21-7-8-25(15-20(21)22)14-18-5-4-6-19(24)13-18/h4-6,13,16H,7-12,14-15H2,1-3H3. The first-order chi connectivity index (χ1) is 13.9. The number of hydrogen-bond donors (Lipinski definition) is 0. The highest BCUT2D eigenvalue weighted by Gasteiger charge is 2.32. The van der Waals surface area contributed by atoms with Crippen molar-refractivity contribution < 1.29 is 13.6 Å². The zero-order chi connectivity index (χ0) is 20.5. The van der Waals surface area contributed by atoms with Gasteiger partial charge in [0, 0.05) is 63.8 Å². The van der Waals surface area contributed by atoms with Crippen molar-refractivity contribution >= 4 is 5.91 Å². The molecule has 0 unspecified atom stereocenters. The topological polar surface area (TPSA) is 39.9 Å². The average Bonchev–Trinajstić information content (AvgIpc) is 3.02. The van der Waals surface area contributed by atoms with E-state index in [1.54, 1.807) is 12.1 Å². The molecular formula is C23H30FN3O2. The van der Waals surface area contributed by atoms with Gasteiger partial charge in [0.05, 0.1) is 5.56 Å². The molecule has 1 aromatic carbocycles. The predicted octanol–water partition coefficient (Wildman–Crippen LogP) is 3.45. The quantitative estimate of drug-likeness (QED) is 0.790. The molecule has 2 aliphatic heterocycles. The summed E-state index contributed by atoms with van der Waals surface area (Å²) in [5, 5.41) is 0.